The van der Waals surface area contributed by atoms with E-state index in [9.17, 15) is 9.59 Å². The Balaban J connectivity index is 1.53. The molecule has 2 aromatic heterocycles. The zero-order valence-corrected chi connectivity index (χ0v) is 27.2. The lowest BCUT2D eigenvalue weighted by Gasteiger charge is -2.13. The van der Waals surface area contributed by atoms with E-state index in [1.807, 2.05) is 52.0 Å². The molecule has 0 aliphatic heterocycles. The molecule has 0 unspecified atom stereocenters. The van der Waals surface area contributed by atoms with Gasteiger partial charge in [-0.15, -0.1) is 0 Å². The number of fused-ring (bicyclic) bond motifs is 1. The highest BCUT2D eigenvalue weighted by molar-refractivity contribution is 6.39. The van der Waals surface area contributed by atoms with Crippen molar-refractivity contribution in [3.05, 3.63) is 93.7 Å². The zero-order chi connectivity index (χ0) is 32.2. The Labute approximate surface area is 271 Å². The van der Waals surface area contributed by atoms with Crippen LogP contribution in [0.5, 0.6) is 5.75 Å². The molecule has 234 valence electrons. The van der Waals surface area contributed by atoms with Crippen molar-refractivity contribution in [2.24, 2.45) is 5.92 Å². The molecule has 8 nitrogen and oxygen atoms in total. The summed E-state index contributed by atoms with van der Waals surface area (Å²) in [5.74, 6) is 0.989. The summed E-state index contributed by atoms with van der Waals surface area (Å²) in [5.41, 5.74) is 4.09. The van der Waals surface area contributed by atoms with Crippen LogP contribution >= 0.6 is 23.2 Å². The predicted molar refractivity (Wildman–Crippen MR) is 175 cm³/mol. The molecule has 3 aromatic carbocycles. The molecule has 45 heavy (non-hydrogen) atoms. The number of benzene rings is 3. The number of rotatable bonds is 10. The fourth-order valence-corrected chi connectivity index (χ4v) is 5.58. The van der Waals surface area contributed by atoms with Crippen LogP contribution in [0.15, 0.2) is 71.3 Å². The summed E-state index contributed by atoms with van der Waals surface area (Å²) in [6.45, 7) is 10.4. The number of carbonyl (C=O) groups is 2. The number of carbonyl (C=O) groups excluding carboxylic acids is 2. The topological polar surface area (TPSA) is 92.8 Å². The first-order chi connectivity index (χ1) is 21.6. The molecule has 0 N–H and O–H groups in total. The third-order valence-electron chi connectivity index (χ3n) is 7.09. The van der Waals surface area contributed by atoms with Crippen molar-refractivity contribution >= 4 is 46.2 Å². The van der Waals surface area contributed by atoms with Crippen molar-refractivity contribution in [3.8, 4) is 28.3 Å². The van der Waals surface area contributed by atoms with Crippen LogP contribution in [0.1, 0.15) is 62.2 Å². The van der Waals surface area contributed by atoms with Crippen molar-refractivity contribution in [3.63, 3.8) is 0 Å². The number of hydrogen-bond acceptors (Lipinski definition) is 7. The molecule has 2 heterocycles. The third kappa shape index (κ3) is 6.87. The Bertz CT molecular complexity index is 1840. The van der Waals surface area contributed by atoms with Gasteiger partial charge in [0.15, 0.2) is 0 Å². The van der Waals surface area contributed by atoms with Crippen LogP contribution in [-0.4, -0.2) is 35.0 Å². The van der Waals surface area contributed by atoms with Crippen LogP contribution in [0.4, 0.5) is 4.79 Å². The monoisotopic (exact) mass is 648 g/mol. The molecule has 0 amide bonds. The van der Waals surface area contributed by atoms with Gasteiger partial charge in [0.2, 0.25) is 0 Å². The average molecular weight is 650 g/mol. The summed E-state index contributed by atoms with van der Waals surface area (Å²) in [5, 5.41) is 5.97. The van der Waals surface area contributed by atoms with E-state index in [0.717, 1.165) is 10.9 Å². The minimum Gasteiger partial charge on any atom is -0.489 e. The minimum atomic E-state index is -0.517. The van der Waals surface area contributed by atoms with Crippen molar-refractivity contribution in [1.29, 1.82) is 0 Å². The molecule has 0 atom stereocenters. The molecule has 0 aliphatic rings. The Morgan fingerprint density at radius 1 is 0.933 bits per heavy atom. The summed E-state index contributed by atoms with van der Waals surface area (Å²) in [6, 6.07) is 19.6. The smallest absolute Gasteiger partial charge is 0.418 e. The number of esters is 1. The lowest BCUT2D eigenvalue weighted by molar-refractivity contribution is 0.0526. The van der Waals surface area contributed by atoms with Gasteiger partial charge in [-0.2, -0.15) is 0 Å². The van der Waals surface area contributed by atoms with E-state index in [2.05, 4.69) is 5.16 Å². The Hall–Kier alpha value is -4.27. The fourth-order valence-electron chi connectivity index (χ4n) is 5.01. The summed E-state index contributed by atoms with van der Waals surface area (Å²) in [6.07, 6.45) is -0.517. The zero-order valence-electron chi connectivity index (χ0n) is 25.7. The maximum absolute atomic E-state index is 13.4. The van der Waals surface area contributed by atoms with Crippen LogP contribution in [0.2, 0.25) is 10.0 Å². The van der Waals surface area contributed by atoms with E-state index < -0.39 is 12.1 Å². The van der Waals surface area contributed by atoms with E-state index in [1.165, 1.54) is 4.57 Å². The second-order valence-corrected chi connectivity index (χ2v) is 12.1. The SMILES string of the molecule is CCOC(=O)c1cccc(-c2cc3cc(OCc4c(-c5c(Cl)cccc5Cl)noc4C(C)C)ccc3n2C(=O)OCC(C)C)c1. The van der Waals surface area contributed by atoms with Crippen LogP contribution in [0.3, 0.4) is 0 Å². The largest absolute Gasteiger partial charge is 0.489 e. The van der Waals surface area contributed by atoms with Crippen molar-refractivity contribution in [1.82, 2.24) is 9.72 Å². The molecule has 0 fully saturated rings. The molecule has 0 aliphatic carbocycles. The number of hydrogen-bond donors (Lipinski definition) is 0. The normalized spacial score (nSPS) is 11.4. The second-order valence-electron chi connectivity index (χ2n) is 11.3. The summed E-state index contributed by atoms with van der Waals surface area (Å²) >= 11 is 13.0. The molecule has 5 aromatic rings. The van der Waals surface area contributed by atoms with Gasteiger partial charge < -0.3 is 18.7 Å². The molecule has 0 spiro atoms. The van der Waals surface area contributed by atoms with Gasteiger partial charge in [0, 0.05) is 16.9 Å². The summed E-state index contributed by atoms with van der Waals surface area (Å²) in [4.78, 5) is 25.9. The van der Waals surface area contributed by atoms with Crippen LogP contribution in [-0.2, 0) is 16.1 Å². The van der Waals surface area contributed by atoms with Crippen LogP contribution in [0.25, 0.3) is 33.4 Å². The summed E-state index contributed by atoms with van der Waals surface area (Å²) < 4.78 is 24.3. The van der Waals surface area contributed by atoms with E-state index >= 15 is 0 Å². The molecule has 5 rings (SSSR count). The Morgan fingerprint density at radius 2 is 1.67 bits per heavy atom. The van der Waals surface area contributed by atoms with Gasteiger partial charge in [-0.1, -0.05) is 74.3 Å². The number of ether oxygens (including phenoxy) is 3. The molecule has 0 bridgehead atoms. The van der Waals surface area contributed by atoms with Crippen LogP contribution < -0.4 is 4.74 Å². The first kappa shape index (κ1) is 32.1. The third-order valence-corrected chi connectivity index (χ3v) is 7.72. The van der Waals surface area contributed by atoms with Gasteiger partial charge >= 0.3 is 12.1 Å². The molecule has 0 saturated carbocycles. The quantitative estimate of drug-likeness (QED) is 0.139. The minimum absolute atomic E-state index is 0.0346. The van der Waals surface area contributed by atoms with E-state index in [-0.39, 0.29) is 31.7 Å². The second kappa shape index (κ2) is 13.8. The van der Waals surface area contributed by atoms with Gasteiger partial charge in [0.25, 0.3) is 0 Å². The molecular weight excluding hydrogens is 615 g/mol. The van der Waals surface area contributed by atoms with Crippen molar-refractivity contribution in [2.75, 3.05) is 13.2 Å². The Kier molecular flexibility index (Phi) is 9.85. The fraction of sp³-hybridized carbons (Fsp3) is 0.286. The van der Waals surface area contributed by atoms with Gasteiger partial charge in [-0.3, -0.25) is 0 Å². The number of halogens is 2. The Morgan fingerprint density at radius 3 is 2.36 bits per heavy atom. The molecule has 10 heteroatoms. The van der Waals surface area contributed by atoms with Crippen molar-refractivity contribution < 1.29 is 28.3 Å². The maximum atomic E-state index is 13.4. The van der Waals surface area contributed by atoms with Crippen molar-refractivity contribution in [2.45, 2.75) is 47.1 Å². The van der Waals surface area contributed by atoms with E-state index in [0.29, 0.717) is 55.1 Å². The van der Waals surface area contributed by atoms with Gasteiger partial charge in [-0.25, -0.2) is 14.2 Å². The first-order valence-corrected chi connectivity index (χ1v) is 15.5. The summed E-state index contributed by atoms with van der Waals surface area (Å²) in [7, 11) is 0. The molecule has 0 saturated heterocycles. The van der Waals surface area contributed by atoms with Gasteiger partial charge in [0.1, 0.15) is 23.8 Å². The highest BCUT2D eigenvalue weighted by atomic mass is 35.5. The highest BCUT2D eigenvalue weighted by Crippen LogP contribution is 2.39. The lowest BCUT2D eigenvalue weighted by Crippen LogP contribution is -2.17. The van der Waals surface area contributed by atoms with E-state index in [4.69, 9.17) is 41.9 Å². The standard InChI is InChI=1S/C35H34Cl2N2O6/c1-6-42-34(40)23-10-7-9-22(15-23)30-17-24-16-25(13-14-29(24)39(30)35(41)44-18-20(2)3)43-19-26-32(38-45-33(26)21(4)5)31-27(36)11-8-12-28(31)37/h7-17,20-21H,6,18-19H2,1-5H3. The molecule has 0 radical (unpaired) electrons. The highest BCUT2D eigenvalue weighted by Gasteiger charge is 2.25. The average Bonchev–Trinajstić information content (AvgIpc) is 3.60. The molecular formula is C35H34Cl2N2O6. The maximum Gasteiger partial charge on any atom is 0.418 e. The number of aromatic nitrogens is 2. The number of nitrogens with zero attached hydrogens (tertiary/aromatic N) is 2. The van der Waals surface area contributed by atoms with Gasteiger partial charge in [-0.05, 0) is 66.9 Å². The van der Waals surface area contributed by atoms with Crippen LogP contribution in [0, 0.1) is 5.92 Å². The lowest BCUT2D eigenvalue weighted by atomic mass is 10.0. The van der Waals surface area contributed by atoms with Gasteiger partial charge in [0.05, 0.1) is 45.6 Å². The first-order valence-electron chi connectivity index (χ1n) is 14.7. The predicted octanol–water partition coefficient (Wildman–Crippen LogP) is 9.79. The van der Waals surface area contributed by atoms with E-state index in [1.54, 1.807) is 49.4 Å².